The molecule has 0 aliphatic rings. The fourth-order valence-corrected chi connectivity index (χ4v) is 1.10. The Kier molecular flexibility index (Phi) is 4.23. The average molecular weight is 289 g/mol. The van der Waals surface area contributed by atoms with Crippen molar-refractivity contribution in [2.75, 3.05) is 6.61 Å². The van der Waals surface area contributed by atoms with Crippen LogP contribution >= 0.6 is 15.9 Å². The minimum absolute atomic E-state index is 0.173. The van der Waals surface area contributed by atoms with Gasteiger partial charge < -0.3 is 9.47 Å². The van der Waals surface area contributed by atoms with Crippen molar-refractivity contribution < 1.29 is 14.3 Å². The molecule has 0 radical (unpaired) electrons. The van der Waals surface area contributed by atoms with E-state index < -0.39 is 11.6 Å². The number of hydrogen-bond acceptors (Lipinski definition) is 5. The van der Waals surface area contributed by atoms with Gasteiger partial charge in [0.2, 0.25) is 5.88 Å². The summed E-state index contributed by atoms with van der Waals surface area (Å²) in [4.78, 5) is 11.3. The molecule has 1 aromatic heterocycles. The third-order valence-corrected chi connectivity index (χ3v) is 1.79. The monoisotopic (exact) mass is 288 g/mol. The number of carbonyl (C=O) groups excluding carboxylic acids is 1. The van der Waals surface area contributed by atoms with Gasteiger partial charge in [-0.15, -0.1) is 10.2 Å². The van der Waals surface area contributed by atoms with Crippen LogP contribution in [0.5, 0.6) is 5.88 Å². The summed E-state index contributed by atoms with van der Waals surface area (Å²) in [6, 6.07) is 3.29. The van der Waals surface area contributed by atoms with E-state index >= 15 is 0 Å². The molecule has 1 heterocycles. The van der Waals surface area contributed by atoms with Gasteiger partial charge in [-0.2, -0.15) is 0 Å². The summed E-state index contributed by atoms with van der Waals surface area (Å²) in [6.07, 6.45) is 0. The average Bonchev–Trinajstić information content (AvgIpc) is 2.14. The zero-order chi connectivity index (χ0) is 12.2. The molecule has 0 N–H and O–H groups in total. The summed E-state index contributed by atoms with van der Waals surface area (Å²) < 4.78 is 10.8. The van der Waals surface area contributed by atoms with Crippen LogP contribution in [-0.2, 0) is 9.53 Å². The first-order valence-corrected chi connectivity index (χ1v) is 5.50. The van der Waals surface area contributed by atoms with Crippen LogP contribution in [0.2, 0.25) is 0 Å². The quantitative estimate of drug-likeness (QED) is 0.796. The van der Waals surface area contributed by atoms with Gasteiger partial charge in [0.25, 0.3) is 0 Å². The van der Waals surface area contributed by atoms with Crippen molar-refractivity contribution in [3.05, 3.63) is 16.7 Å². The number of ether oxygens (including phenoxy) is 2. The van der Waals surface area contributed by atoms with Crippen LogP contribution in [0.15, 0.2) is 16.7 Å². The lowest BCUT2D eigenvalue weighted by molar-refractivity contribution is -0.157. The first-order valence-electron chi connectivity index (χ1n) is 4.71. The van der Waals surface area contributed by atoms with E-state index in [9.17, 15) is 4.79 Å². The zero-order valence-corrected chi connectivity index (χ0v) is 10.9. The maximum atomic E-state index is 11.3. The van der Waals surface area contributed by atoms with Crippen LogP contribution < -0.4 is 4.74 Å². The Morgan fingerprint density at radius 1 is 1.38 bits per heavy atom. The third-order valence-electron chi connectivity index (χ3n) is 1.37. The van der Waals surface area contributed by atoms with Gasteiger partial charge >= 0.3 is 5.97 Å². The smallest absolute Gasteiger partial charge is 0.344 e. The topological polar surface area (TPSA) is 61.3 Å². The van der Waals surface area contributed by atoms with Gasteiger partial charge in [-0.25, -0.2) is 4.79 Å². The fourth-order valence-electron chi connectivity index (χ4n) is 0.885. The SMILES string of the molecule is CC(C)(C)OC(=O)COc1ccc(Br)nn1. The Balaban J connectivity index is 2.40. The molecule has 0 amide bonds. The van der Waals surface area contributed by atoms with Crippen LogP contribution in [-0.4, -0.2) is 28.4 Å². The van der Waals surface area contributed by atoms with Gasteiger partial charge in [0.15, 0.2) is 6.61 Å². The molecule has 1 aromatic rings. The molecule has 0 saturated heterocycles. The summed E-state index contributed by atoms with van der Waals surface area (Å²) in [6.45, 7) is 5.21. The lowest BCUT2D eigenvalue weighted by Gasteiger charge is -2.19. The van der Waals surface area contributed by atoms with Crippen molar-refractivity contribution in [2.45, 2.75) is 26.4 Å². The highest BCUT2D eigenvalue weighted by molar-refractivity contribution is 9.10. The molecular weight excluding hydrogens is 276 g/mol. The summed E-state index contributed by atoms with van der Waals surface area (Å²) in [5, 5.41) is 7.44. The molecule has 0 spiro atoms. The molecule has 0 fully saturated rings. The van der Waals surface area contributed by atoms with Gasteiger partial charge in [0, 0.05) is 6.07 Å². The van der Waals surface area contributed by atoms with Gasteiger partial charge in [-0.05, 0) is 42.8 Å². The van der Waals surface area contributed by atoms with E-state index in [0.29, 0.717) is 4.60 Å². The number of esters is 1. The van der Waals surface area contributed by atoms with E-state index in [4.69, 9.17) is 9.47 Å². The normalized spacial score (nSPS) is 11.0. The van der Waals surface area contributed by atoms with E-state index in [1.807, 2.05) is 0 Å². The summed E-state index contributed by atoms with van der Waals surface area (Å²) in [5.41, 5.74) is -0.508. The molecule has 0 saturated carbocycles. The Labute approximate surface area is 102 Å². The van der Waals surface area contributed by atoms with E-state index in [1.165, 1.54) is 0 Å². The van der Waals surface area contributed by atoms with E-state index in [0.717, 1.165) is 0 Å². The van der Waals surface area contributed by atoms with Crippen molar-refractivity contribution in [2.24, 2.45) is 0 Å². The Morgan fingerprint density at radius 2 is 2.06 bits per heavy atom. The maximum Gasteiger partial charge on any atom is 0.344 e. The van der Waals surface area contributed by atoms with Gasteiger partial charge in [0.05, 0.1) is 0 Å². The summed E-state index contributed by atoms with van der Waals surface area (Å²) >= 11 is 3.14. The lowest BCUT2D eigenvalue weighted by atomic mass is 10.2. The molecule has 1 rings (SSSR count). The molecule has 0 unspecified atom stereocenters. The second kappa shape index (κ2) is 5.25. The van der Waals surface area contributed by atoms with E-state index in [1.54, 1.807) is 32.9 Å². The number of halogens is 1. The van der Waals surface area contributed by atoms with Gasteiger partial charge in [0.1, 0.15) is 10.2 Å². The molecule has 16 heavy (non-hydrogen) atoms. The number of aromatic nitrogens is 2. The third kappa shape index (κ3) is 5.06. The van der Waals surface area contributed by atoms with Crippen LogP contribution in [0.1, 0.15) is 20.8 Å². The summed E-state index contributed by atoms with van der Waals surface area (Å²) in [5.74, 6) is -0.147. The van der Waals surface area contributed by atoms with Gasteiger partial charge in [-0.1, -0.05) is 0 Å². The van der Waals surface area contributed by atoms with Crippen LogP contribution in [0.4, 0.5) is 0 Å². The van der Waals surface area contributed by atoms with Crippen molar-refractivity contribution in [3.63, 3.8) is 0 Å². The van der Waals surface area contributed by atoms with Crippen molar-refractivity contribution in [3.8, 4) is 5.88 Å². The van der Waals surface area contributed by atoms with Crippen LogP contribution in [0, 0.1) is 0 Å². The minimum Gasteiger partial charge on any atom is -0.465 e. The summed E-state index contributed by atoms with van der Waals surface area (Å²) in [7, 11) is 0. The number of carbonyl (C=O) groups is 1. The molecule has 0 bridgehead atoms. The number of rotatable bonds is 3. The Morgan fingerprint density at radius 3 is 2.56 bits per heavy atom. The van der Waals surface area contributed by atoms with Crippen molar-refractivity contribution in [1.82, 2.24) is 10.2 Å². The first-order chi connectivity index (χ1) is 7.37. The first kappa shape index (κ1) is 12.9. The second-order valence-electron chi connectivity index (χ2n) is 4.07. The highest BCUT2D eigenvalue weighted by atomic mass is 79.9. The molecule has 0 aliphatic heterocycles. The predicted octanol–water partition coefficient (Wildman–Crippen LogP) is 1.96. The Hall–Kier alpha value is -1.17. The van der Waals surface area contributed by atoms with Crippen LogP contribution in [0.25, 0.3) is 0 Å². The lowest BCUT2D eigenvalue weighted by Crippen LogP contribution is -2.27. The molecular formula is C10H13BrN2O3. The molecule has 0 aromatic carbocycles. The Bertz CT molecular complexity index is 359. The number of hydrogen-bond donors (Lipinski definition) is 0. The van der Waals surface area contributed by atoms with E-state index in [2.05, 4.69) is 26.1 Å². The maximum absolute atomic E-state index is 11.3. The highest BCUT2D eigenvalue weighted by Gasteiger charge is 2.16. The van der Waals surface area contributed by atoms with Gasteiger partial charge in [-0.3, -0.25) is 0 Å². The zero-order valence-electron chi connectivity index (χ0n) is 9.36. The minimum atomic E-state index is -0.508. The molecule has 0 atom stereocenters. The standard InChI is InChI=1S/C10H13BrN2O3/c1-10(2,3)16-9(14)6-15-8-5-4-7(11)12-13-8/h4-5H,6H2,1-3H3. The number of nitrogens with zero attached hydrogens (tertiary/aromatic N) is 2. The molecule has 5 nitrogen and oxygen atoms in total. The van der Waals surface area contributed by atoms with Crippen LogP contribution in [0.3, 0.4) is 0 Å². The second-order valence-corrected chi connectivity index (χ2v) is 4.88. The van der Waals surface area contributed by atoms with Crippen molar-refractivity contribution >= 4 is 21.9 Å². The molecule has 6 heteroatoms. The van der Waals surface area contributed by atoms with E-state index in [-0.39, 0.29) is 12.5 Å². The van der Waals surface area contributed by atoms with Crippen molar-refractivity contribution in [1.29, 1.82) is 0 Å². The predicted molar refractivity (Wildman–Crippen MR) is 61.1 cm³/mol. The fraction of sp³-hybridized carbons (Fsp3) is 0.500. The molecule has 0 aliphatic carbocycles. The highest BCUT2D eigenvalue weighted by Crippen LogP contribution is 2.10. The largest absolute Gasteiger partial charge is 0.465 e. The molecule has 88 valence electrons.